The molecule has 28 heavy (non-hydrogen) atoms. The number of halogens is 3. The Kier molecular flexibility index (Phi) is 5.17. The first-order valence-corrected chi connectivity index (χ1v) is 8.56. The number of pyridine rings is 1. The van der Waals surface area contributed by atoms with E-state index in [4.69, 9.17) is 0 Å². The van der Waals surface area contributed by atoms with Crippen molar-refractivity contribution in [1.82, 2.24) is 15.2 Å². The number of aromatic nitrogens is 1. The molecule has 0 spiro atoms. The fourth-order valence-corrected chi connectivity index (χ4v) is 2.87. The van der Waals surface area contributed by atoms with Crippen molar-refractivity contribution < 1.29 is 22.8 Å². The summed E-state index contributed by atoms with van der Waals surface area (Å²) in [5, 5.41) is 1.80. The van der Waals surface area contributed by atoms with Crippen molar-refractivity contribution in [1.29, 1.82) is 0 Å². The quantitative estimate of drug-likeness (QED) is 0.853. The number of hydrogen-bond acceptors (Lipinski definition) is 4. The molecule has 0 aliphatic carbocycles. The van der Waals surface area contributed by atoms with E-state index in [1.807, 2.05) is 0 Å². The molecule has 0 radical (unpaired) electrons. The molecule has 1 N–H and O–H groups in total. The van der Waals surface area contributed by atoms with E-state index < -0.39 is 23.7 Å². The van der Waals surface area contributed by atoms with Crippen molar-refractivity contribution in [2.24, 2.45) is 4.99 Å². The van der Waals surface area contributed by atoms with Crippen molar-refractivity contribution in [2.45, 2.75) is 25.2 Å². The van der Waals surface area contributed by atoms with E-state index in [2.05, 4.69) is 9.98 Å². The average molecular weight is 390 g/mol. The van der Waals surface area contributed by atoms with Gasteiger partial charge >= 0.3 is 11.8 Å². The Labute approximate surface area is 159 Å². The van der Waals surface area contributed by atoms with Gasteiger partial charge in [0.05, 0.1) is 5.56 Å². The van der Waals surface area contributed by atoms with Crippen LogP contribution >= 0.6 is 0 Å². The number of aliphatic imine (C=N–C) groups is 1. The molecular weight excluding hydrogens is 373 g/mol. The lowest BCUT2D eigenvalue weighted by atomic mass is 10.1. The van der Waals surface area contributed by atoms with Crippen LogP contribution in [0.15, 0.2) is 59.9 Å². The minimum absolute atomic E-state index is 0.0349. The maximum atomic E-state index is 14.1. The number of carbonyl (C=O) groups is 2. The van der Waals surface area contributed by atoms with Gasteiger partial charge in [-0.25, -0.2) is 4.99 Å². The second kappa shape index (κ2) is 7.41. The van der Waals surface area contributed by atoms with E-state index in [9.17, 15) is 22.8 Å². The minimum atomic E-state index is -5.13. The molecule has 1 aromatic carbocycles. The SMILES string of the molecule is CCCN1C(=O)[C@](NC(=O)c2cccnc2)(C(F)(F)F)N=C1c1ccccc1. The summed E-state index contributed by atoms with van der Waals surface area (Å²) in [6.07, 6.45) is -2.22. The second-order valence-corrected chi connectivity index (χ2v) is 6.16. The van der Waals surface area contributed by atoms with E-state index in [0.717, 1.165) is 11.1 Å². The smallest absolute Gasteiger partial charge is 0.312 e. The molecule has 2 amide bonds. The van der Waals surface area contributed by atoms with Crippen LogP contribution in [0.1, 0.15) is 29.3 Å². The highest BCUT2D eigenvalue weighted by atomic mass is 19.4. The summed E-state index contributed by atoms with van der Waals surface area (Å²) in [7, 11) is 0. The van der Waals surface area contributed by atoms with E-state index in [0.29, 0.717) is 12.0 Å². The summed E-state index contributed by atoms with van der Waals surface area (Å²) in [5.41, 5.74) is -3.14. The van der Waals surface area contributed by atoms with E-state index >= 15 is 0 Å². The number of alkyl halides is 3. The molecule has 0 fully saturated rings. The topological polar surface area (TPSA) is 74.7 Å². The number of benzene rings is 1. The molecule has 0 unspecified atom stereocenters. The monoisotopic (exact) mass is 390 g/mol. The maximum Gasteiger partial charge on any atom is 0.442 e. The Morgan fingerprint density at radius 3 is 2.46 bits per heavy atom. The highest BCUT2D eigenvalue weighted by molar-refractivity contribution is 6.16. The molecule has 1 aromatic heterocycles. The van der Waals surface area contributed by atoms with Gasteiger partial charge < -0.3 is 5.32 Å². The number of nitrogens with one attached hydrogen (secondary N) is 1. The van der Waals surface area contributed by atoms with Gasteiger partial charge in [-0.15, -0.1) is 0 Å². The number of hydrogen-bond donors (Lipinski definition) is 1. The third kappa shape index (κ3) is 3.35. The number of carbonyl (C=O) groups excluding carboxylic acids is 2. The van der Waals surface area contributed by atoms with Crippen LogP contribution in [0.5, 0.6) is 0 Å². The first-order chi connectivity index (χ1) is 13.3. The molecule has 3 rings (SSSR count). The maximum absolute atomic E-state index is 14.1. The molecule has 0 saturated heterocycles. The van der Waals surface area contributed by atoms with E-state index in [1.165, 1.54) is 18.3 Å². The minimum Gasteiger partial charge on any atom is -0.312 e. The highest BCUT2D eigenvalue weighted by Gasteiger charge is 2.67. The summed E-state index contributed by atoms with van der Waals surface area (Å²) in [5.74, 6) is -2.55. The molecule has 1 atom stereocenters. The van der Waals surface area contributed by atoms with Crippen LogP contribution in [-0.2, 0) is 4.79 Å². The molecule has 2 aromatic rings. The van der Waals surface area contributed by atoms with E-state index in [1.54, 1.807) is 42.6 Å². The fraction of sp³-hybridized carbons (Fsp3) is 0.263. The van der Waals surface area contributed by atoms with Crippen LogP contribution in [0.2, 0.25) is 0 Å². The number of amidine groups is 1. The fourth-order valence-electron chi connectivity index (χ4n) is 2.87. The van der Waals surface area contributed by atoms with Crippen molar-refractivity contribution >= 4 is 17.6 Å². The summed E-state index contributed by atoms with van der Waals surface area (Å²) in [6, 6.07) is 10.8. The Balaban J connectivity index is 2.10. The molecule has 2 heterocycles. The average Bonchev–Trinajstić information content (AvgIpc) is 2.97. The predicted molar refractivity (Wildman–Crippen MR) is 95.5 cm³/mol. The van der Waals surface area contributed by atoms with Crippen molar-refractivity contribution in [2.75, 3.05) is 6.54 Å². The lowest BCUT2D eigenvalue weighted by molar-refractivity contribution is -0.196. The second-order valence-electron chi connectivity index (χ2n) is 6.16. The Hall–Kier alpha value is -3.23. The molecular formula is C19H17F3N4O2. The predicted octanol–water partition coefficient (Wildman–Crippen LogP) is 2.77. The number of nitrogens with zero attached hydrogens (tertiary/aromatic N) is 3. The third-order valence-corrected chi connectivity index (χ3v) is 4.19. The molecule has 1 aliphatic rings. The lowest BCUT2D eigenvalue weighted by Gasteiger charge is -2.29. The Bertz CT molecular complexity index is 900. The molecule has 6 nitrogen and oxygen atoms in total. The first-order valence-electron chi connectivity index (χ1n) is 8.56. The highest BCUT2D eigenvalue weighted by Crippen LogP contribution is 2.38. The van der Waals surface area contributed by atoms with Crippen LogP contribution in [0.25, 0.3) is 0 Å². The summed E-state index contributed by atoms with van der Waals surface area (Å²) < 4.78 is 42.2. The number of amides is 2. The van der Waals surface area contributed by atoms with Crippen LogP contribution < -0.4 is 5.32 Å². The molecule has 0 saturated carbocycles. The van der Waals surface area contributed by atoms with Crippen LogP contribution in [-0.4, -0.2) is 45.9 Å². The Morgan fingerprint density at radius 1 is 1.18 bits per heavy atom. The van der Waals surface area contributed by atoms with Gasteiger partial charge in [0.25, 0.3) is 11.8 Å². The van der Waals surface area contributed by atoms with Crippen molar-refractivity contribution in [3.05, 3.63) is 66.0 Å². The van der Waals surface area contributed by atoms with Gasteiger partial charge in [-0.3, -0.25) is 19.5 Å². The zero-order valence-electron chi connectivity index (χ0n) is 14.9. The zero-order valence-corrected chi connectivity index (χ0v) is 14.9. The van der Waals surface area contributed by atoms with Gasteiger partial charge in [-0.2, -0.15) is 13.2 Å². The van der Waals surface area contributed by atoms with Gasteiger partial charge in [0.1, 0.15) is 5.84 Å². The molecule has 9 heteroatoms. The van der Waals surface area contributed by atoms with Gasteiger partial charge in [-0.05, 0) is 18.6 Å². The summed E-state index contributed by atoms with van der Waals surface area (Å²) in [6.45, 7) is 1.77. The normalized spacial score (nSPS) is 19.5. The molecule has 0 bridgehead atoms. The van der Waals surface area contributed by atoms with Crippen LogP contribution in [0, 0.1) is 0 Å². The van der Waals surface area contributed by atoms with Gasteiger partial charge in [-0.1, -0.05) is 37.3 Å². The van der Waals surface area contributed by atoms with Crippen LogP contribution in [0.4, 0.5) is 13.2 Å². The third-order valence-electron chi connectivity index (χ3n) is 4.19. The van der Waals surface area contributed by atoms with Crippen LogP contribution in [0.3, 0.4) is 0 Å². The lowest BCUT2D eigenvalue weighted by Crippen LogP contribution is -2.63. The van der Waals surface area contributed by atoms with E-state index in [-0.39, 0.29) is 17.9 Å². The molecule has 146 valence electrons. The van der Waals surface area contributed by atoms with Gasteiger partial charge in [0.2, 0.25) is 0 Å². The van der Waals surface area contributed by atoms with Crippen molar-refractivity contribution in [3.8, 4) is 0 Å². The van der Waals surface area contributed by atoms with Crippen molar-refractivity contribution in [3.63, 3.8) is 0 Å². The summed E-state index contributed by atoms with van der Waals surface area (Å²) >= 11 is 0. The zero-order chi connectivity index (χ0) is 20.4. The first kappa shape index (κ1) is 19.5. The largest absolute Gasteiger partial charge is 0.442 e. The van der Waals surface area contributed by atoms with Gasteiger partial charge in [0, 0.05) is 24.5 Å². The van der Waals surface area contributed by atoms with Gasteiger partial charge in [0.15, 0.2) is 0 Å². The number of rotatable bonds is 5. The Morgan fingerprint density at radius 2 is 1.89 bits per heavy atom. The summed E-state index contributed by atoms with van der Waals surface area (Å²) in [4.78, 5) is 33.7. The standard InChI is InChI=1S/C19H17F3N4O2/c1-2-11-26-15(13-7-4-3-5-8-13)24-18(17(26)28,19(20,21)22)25-16(27)14-9-6-10-23-12-14/h3-10,12H,2,11H2,1H3,(H,25,27)/t18-/m0/s1. The molecule has 1 aliphatic heterocycles.